The summed E-state index contributed by atoms with van der Waals surface area (Å²) in [5.74, 6) is 0.664. The van der Waals surface area contributed by atoms with Crippen molar-refractivity contribution in [3.05, 3.63) is 29.8 Å². The summed E-state index contributed by atoms with van der Waals surface area (Å²) in [6.45, 7) is 8.17. The van der Waals surface area contributed by atoms with Crippen LogP contribution >= 0.6 is 0 Å². The standard InChI is InChI=1S/C16H24N2O2/c1-4-16(2,3)12-18-10-14(19)11-20-15-7-5-13(9-17)6-8-15/h5-8,14,18-19H,4,10-12H2,1-3H3. The van der Waals surface area contributed by atoms with Gasteiger partial charge in [-0.1, -0.05) is 20.8 Å². The second-order valence-corrected chi connectivity index (χ2v) is 5.75. The van der Waals surface area contributed by atoms with Crippen LogP contribution in [-0.4, -0.2) is 30.9 Å². The second-order valence-electron chi connectivity index (χ2n) is 5.75. The van der Waals surface area contributed by atoms with Gasteiger partial charge in [-0.05, 0) is 36.1 Å². The lowest BCUT2D eigenvalue weighted by Crippen LogP contribution is -2.36. The molecule has 0 saturated carbocycles. The van der Waals surface area contributed by atoms with Crippen LogP contribution in [0.25, 0.3) is 0 Å². The average molecular weight is 276 g/mol. The fraction of sp³-hybridized carbons (Fsp3) is 0.562. The average Bonchev–Trinajstić information content (AvgIpc) is 2.45. The molecule has 0 bridgehead atoms. The predicted octanol–water partition coefficient (Wildman–Crippen LogP) is 2.32. The normalized spacial score (nSPS) is 12.8. The minimum atomic E-state index is -0.543. The van der Waals surface area contributed by atoms with E-state index in [1.54, 1.807) is 24.3 Å². The molecule has 1 aromatic rings. The first-order valence-corrected chi connectivity index (χ1v) is 6.98. The minimum absolute atomic E-state index is 0.242. The fourth-order valence-electron chi connectivity index (χ4n) is 1.58. The number of nitrogens with zero attached hydrogens (tertiary/aromatic N) is 1. The van der Waals surface area contributed by atoms with Crippen molar-refractivity contribution < 1.29 is 9.84 Å². The molecule has 1 unspecified atom stereocenters. The van der Waals surface area contributed by atoms with E-state index in [-0.39, 0.29) is 12.0 Å². The number of nitrogens with one attached hydrogen (secondary N) is 1. The molecule has 0 aliphatic heterocycles. The zero-order valence-electron chi connectivity index (χ0n) is 12.5. The quantitative estimate of drug-likeness (QED) is 0.765. The summed E-state index contributed by atoms with van der Waals surface area (Å²) in [5, 5.41) is 21.8. The molecular formula is C16H24N2O2. The Kier molecular flexibility index (Phi) is 6.50. The van der Waals surface area contributed by atoms with Crippen LogP contribution < -0.4 is 10.1 Å². The third kappa shape index (κ3) is 6.05. The van der Waals surface area contributed by atoms with Crippen molar-refractivity contribution in [3.63, 3.8) is 0 Å². The highest BCUT2D eigenvalue weighted by molar-refractivity contribution is 5.34. The number of hydrogen-bond donors (Lipinski definition) is 2. The van der Waals surface area contributed by atoms with Crippen molar-refractivity contribution in [1.82, 2.24) is 5.32 Å². The number of aliphatic hydroxyl groups excluding tert-OH is 1. The molecule has 110 valence electrons. The third-order valence-corrected chi connectivity index (χ3v) is 3.37. The number of aliphatic hydroxyl groups is 1. The largest absolute Gasteiger partial charge is 0.491 e. The Morgan fingerprint density at radius 1 is 1.35 bits per heavy atom. The SMILES string of the molecule is CCC(C)(C)CNCC(O)COc1ccc(C#N)cc1. The zero-order valence-corrected chi connectivity index (χ0v) is 12.5. The summed E-state index contributed by atoms with van der Waals surface area (Å²) >= 11 is 0. The number of ether oxygens (including phenoxy) is 1. The van der Waals surface area contributed by atoms with Gasteiger partial charge in [0.05, 0.1) is 11.6 Å². The van der Waals surface area contributed by atoms with Gasteiger partial charge in [0.2, 0.25) is 0 Å². The van der Waals surface area contributed by atoms with Gasteiger partial charge in [-0.15, -0.1) is 0 Å². The molecule has 0 heterocycles. The van der Waals surface area contributed by atoms with E-state index in [4.69, 9.17) is 10.00 Å². The zero-order chi connectivity index (χ0) is 15.0. The maximum Gasteiger partial charge on any atom is 0.119 e. The topological polar surface area (TPSA) is 65.3 Å². The summed E-state index contributed by atoms with van der Waals surface area (Å²) in [6, 6.07) is 8.92. The molecule has 2 N–H and O–H groups in total. The van der Waals surface area contributed by atoms with Crippen molar-refractivity contribution in [3.8, 4) is 11.8 Å². The number of hydrogen-bond acceptors (Lipinski definition) is 4. The number of rotatable bonds is 8. The molecule has 0 aliphatic rings. The van der Waals surface area contributed by atoms with Gasteiger partial charge in [-0.3, -0.25) is 0 Å². The van der Waals surface area contributed by atoms with Crippen LogP contribution in [0.5, 0.6) is 5.75 Å². The van der Waals surface area contributed by atoms with Crippen molar-refractivity contribution in [2.75, 3.05) is 19.7 Å². The highest BCUT2D eigenvalue weighted by atomic mass is 16.5. The monoisotopic (exact) mass is 276 g/mol. The Morgan fingerprint density at radius 3 is 2.55 bits per heavy atom. The Hall–Kier alpha value is -1.57. The van der Waals surface area contributed by atoms with Crippen LogP contribution in [0, 0.1) is 16.7 Å². The van der Waals surface area contributed by atoms with E-state index in [0.717, 1.165) is 13.0 Å². The van der Waals surface area contributed by atoms with E-state index in [1.807, 2.05) is 0 Å². The van der Waals surface area contributed by atoms with Crippen molar-refractivity contribution in [2.45, 2.75) is 33.3 Å². The summed E-state index contributed by atoms with van der Waals surface area (Å²) in [6.07, 6.45) is 0.552. The van der Waals surface area contributed by atoms with Crippen molar-refractivity contribution >= 4 is 0 Å². The summed E-state index contributed by atoms with van der Waals surface area (Å²) in [5.41, 5.74) is 0.842. The maximum absolute atomic E-state index is 9.84. The Balaban J connectivity index is 2.25. The van der Waals surface area contributed by atoms with Gasteiger partial charge in [0.15, 0.2) is 0 Å². The lowest BCUT2D eigenvalue weighted by Gasteiger charge is -2.24. The smallest absolute Gasteiger partial charge is 0.119 e. The van der Waals surface area contributed by atoms with Gasteiger partial charge < -0.3 is 15.2 Å². The molecule has 20 heavy (non-hydrogen) atoms. The number of benzene rings is 1. The van der Waals surface area contributed by atoms with Gasteiger partial charge in [0.25, 0.3) is 0 Å². The molecule has 1 atom stereocenters. The molecular weight excluding hydrogens is 252 g/mol. The molecule has 1 aromatic carbocycles. The predicted molar refractivity (Wildman–Crippen MR) is 79.6 cm³/mol. The first-order chi connectivity index (χ1) is 9.46. The van der Waals surface area contributed by atoms with E-state index in [1.165, 1.54) is 0 Å². The molecule has 0 aliphatic carbocycles. The highest BCUT2D eigenvalue weighted by Gasteiger charge is 2.15. The number of nitriles is 1. The molecule has 0 amide bonds. The first-order valence-electron chi connectivity index (χ1n) is 6.98. The summed E-state index contributed by atoms with van der Waals surface area (Å²) in [7, 11) is 0. The molecule has 0 fully saturated rings. The Labute approximate surface area is 121 Å². The van der Waals surface area contributed by atoms with E-state index in [0.29, 0.717) is 17.9 Å². The lowest BCUT2D eigenvalue weighted by molar-refractivity contribution is 0.103. The van der Waals surface area contributed by atoms with Gasteiger partial charge in [-0.2, -0.15) is 5.26 Å². The van der Waals surface area contributed by atoms with Gasteiger partial charge in [0, 0.05) is 13.1 Å². The molecule has 0 saturated heterocycles. The lowest BCUT2D eigenvalue weighted by atomic mass is 9.90. The van der Waals surface area contributed by atoms with Gasteiger partial charge >= 0.3 is 0 Å². The third-order valence-electron chi connectivity index (χ3n) is 3.37. The van der Waals surface area contributed by atoms with E-state index in [9.17, 15) is 5.11 Å². The Bertz CT molecular complexity index is 435. The van der Waals surface area contributed by atoms with Crippen LogP contribution in [0.15, 0.2) is 24.3 Å². The first kappa shape index (κ1) is 16.5. The van der Waals surface area contributed by atoms with Gasteiger partial charge in [-0.25, -0.2) is 0 Å². The van der Waals surface area contributed by atoms with Crippen LogP contribution in [0.4, 0.5) is 0 Å². The molecule has 0 spiro atoms. The van der Waals surface area contributed by atoms with Gasteiger partial charge in [0.1, 0.15) is 18.5 Å². The molecule has 0 aromatic heterocycles. The van der Waals surface area contributed by atoms with E-state index in [2.05, 4.69) is 32.2 Å². The fourth-order valence-corrected chi connectivity index (χ4v) is 1.58. The van der Waals surface area contributed by atoms with E-state index >= 15 is 0 Å². The van der Waals surface area contributed by atoms with Crippen molar-refractivity contribution in [1.29, 1.82) is 5.26 Å². The highest BCUT2D eigenvalue weighted by Crippen LogP contribution is 2.17. The molecule has 4 heteroatoms. The van der Waals surface area contributed by atoms with E-state index < -0.39 is 6.10 Å². The van der Waals surface area contributed by atoms with Crippen LogP contribution in [0.2, 0.25) is 0 Å². The molecule has 1 rings (SSSR count). The summed E-state index contributed by atoms with van der Waals surface area (Å²) < 4.78 is 5.48. The van der Waals surface area contributed by atoms with Crippen molar-refractivity contribution in [2.24, 2.45) is 5.41 Å². The maximum atomic E-state index is 9.84. The van der Waals surface area contributed by atoms with Crippen LogP contribution in [-0.2, 0) is 0 Å². The molecule has 4 nitrogen and oxygen atoms in total. The van der Waals surface area contributed by atoms with Crippen LogP contribution in [0.1, 0.15) is 32.8 Å². The Morgan fingerprint density at radius 2 is 2.00 bits per heavy atom. The molecule has 0 radical (unpaired) electrons. The summed E-state index contributed by atoms with van der Waals surface area (Å²) in [4.78, 5) is 0. The second kappa shape index (κ2) is 7.88. The van der Waals surface area contributed by atoms with Crippen LogP contribution in [0.3, 0.4) is 0 Å². The minimum Gasteiger partial charge on any atom is -0.491 e.